The molecule has 0 aliphatic rings. The molecule has 2 aromatic rings. The number of rotatable bonds is 11. The van der Waals surface area contributed by atoms with E-state index in [4.69, 9.17) is 18.9 Å². The third-order valence-corrected chi connectivity index (χ3v) is 4.21. The number of methoxy groups -OCH3 is 3. The first-order chi connectivity index (χ1) is 15.0. The first kappa shape index (κ1) is 23.5. The summed E-state index contributed by atoms with van der Waals surface area (Å²) >= 11 is 0. The van der Waals surface area contributed by atoms with Gasteiger partial charge < -0.3 is 29.6 Å². The van der Waals surface area contributed by atoms with Crippen LogP contribution in [0.4, 0.5) is 11.4 Å². The van der Waals surface area contributed by atoms with Crippen LogP contribution in [-0.4, -0.2) is 45.7 Å². The lowest BCUT2D eigenvalue weighted by atomic mass is 10.2. The van der Waals surface area contributed by atoms with Crippen LogP contribution in [0.2, 0.25) is 0 Å². The van der Waals surface area contributed by atoms with E-state index in [-0.39, 0.29) is 25.2 Å². The van der Waals surface area contributed by atoms with Crippen LogP contribution in [0, 0.1) is 0 Å². The lowest BCUT2D eigenvalue weighted by Crippen LogP contribution is -2.21. The van der Waals surface area contributed by atoms with E-state index in [9.17, 15) is 14.4 Å². The fraction of sp³-hybridized carbons (Fsp3) is 0.318. The van der Waals surface area contributed by atoms with Gasteiger partial charge in [0.1, 0.15) is 17.2 Å². The molecule has 2 aromatic carbocycles. The van der Waals surface area contributed by atoms with Crippen molar-refractivity contribution in [2.75, 3.05) is 38.6 Å². The summed E-state index contributed by atoms with van der Waals surface area (Å²) in [5.74, 6) is 0.222. The highest BCUT2D eigenvalue weighted by Crippen LogP contribution is 2.29. The van der Waals surface area contributed by atoms with Crippen molar-refractivity contribution in [3.63, 3.8) is 0 Å². The van der Waals surface area contributed by atoms with Gasteiger partial charge in [-0.1, -0.05) is 12.1 Å². The van der Waals surface area contributed by atoms with Crippen molar-refractivity contribution in [2.45, 2.75) is 19.3 Å². The van der Waals surface area contributed by atoms with Gasteiger partial charge in [-0.15, -0.1) is 0 Å². The van der Waals surface area contributed by atoms with E-state index < -0.39 is 18.5 Å². The average molecular weight is 430 g/mol. The van der Waals surface area contributed by atoms with Crippen molar-refractivity contribution < 1.29 is 33.3 Å². The van der Waals surface area contributed by atoms with Crippen LogP contribution in [0.25, 0.3) is 0 Å². The molecule has 0 aliphatic carbocycles. The van der Waals surface area contributed by atoms with E-state index in [1.807, 2.05) is 0 Å². The molecule has 0 fully saturated rings. The molecule has 0 aliphatic heterocycles. The van der Waals surface area contributed by atoms with Crippen molar-refractivity contribution >= 4 is 29.2 Å². The zero-order valence-corrected chi connectivity index (χ0v) is 17.7. The smallest absolute Gasteiger partial charge is 0.306 e. The van der Waals surface area contributed by atoms with Gasteiger partial charge in [0, 0.05) is 18.9 Å². The minimum atomic E-state index is -0.568. The minimum Gasteiger partial charge on any atom is -0.497 e. The molecule has 2 rings (SSSR count). The fourth-order valence-corrected chi connectivity index (χ4v) is 2.66. The molecule has 0 radical (unpaired) electrons. The summed E-state index contributed by atoms with van der Waals surface area (Å²) in [6.07, 6.45) is 0.425. The molecule has 9 heteroatoms. The Morgan fingerprint density at radius 1 is 0.774 bits per heavy atom. The maximum atomic E-state index is 12.0. The number of anilines is 2. The molecule has 166 valence electrons. The Kier molecular flexibility index (Phi) is 9.15. The molecule has 0 unspecified atom stereocenters. The van der Waals surface area contributed by atoms with Gasteiger partial charge in [0.15, 0.2) is 6.61 Å². The lowest BCUT2D eigenvalue weighted by molar-refractivity contribution is -0.147. The number of amides is 2. The first-order valence-electron chi connectivity index (χ1n) is 9.57. The zero-order chi connectivity index (χ0) is 22.6. The number of hydrogen-bond donors (Lipinski definition) is 2. The summed E-state index contributed by atoms with van der Waals surface area (Å²) in [6.45, 7) is -0.443. The lowest BCUT2D eigenvalue weighted by Gasteiger charge is -2.12. The normalized spacial score (nSPS) is 10.0. The van der Waals surface area contributed by atoms with Gasteiger partial charge in [0.2, 0.25) is 5.91 Å². The van der Waals surface area contributed by atoms with Gasteiger partial charge in [-0.2, -0.15) is 0 Å². The van der Waals surface area contributed by atoms with Crippen LogP contribution in [0.5, 0.6) is 17.2 Å². The van der Waals surface area contributed by atoms with Gasteiger partial charge in [-0.25, -0.2) is 0 Å². The summed E-state index contributed by atoms with van der Waals surface area (Å²) in [6, 6.07) is 11.9. The predicted molar refractivity (Wildman–Crippen MR) is 115 cm³/mol. The Labute approximate surface area is 180 Å². The second-order valence-corrected chi connectivity index (χ2v) is 6.38. The molecule has 0 saturated carbocycles. The van der Waals surface area contributed by atoms with Gasteiger partial charge in [0.25, 0.3) is 5.91 Å². The standard InChI is InChI=1S/C22H26N2O7/c1-28-15-11-12-17(19(13-15)30-3)24-21(26)14-31-22(27)10-6-9-20(25)23-16-7-4-5-8-18(16)29-2/h4-5,7-8,11-13H,6,9-10,14H2,1-3H3,(H,23,25)(H,24,26). The molecule has 0 heterocycles. The maximum Gasteiger partial charge on any atom is 0.306 e. The minimum absolute atomic E-state index is 0.0124. The van der Waals surface area contributed by atoms with Crippen LogP contribution in [-0.2, 0) is 19.1 Å². The Morgan fingerprint density at radius 2 is 1.45 bits per heavy atom. The molecule has 0 saturated heterocycles. The van der Waals surface area contributed by atoms with Gasteiger partial charge in [-0.05, 0) is 30.7 Å². The molecule has 0 bridgehead atoms. The van der Waals surface area contributed by atoms with Crippen molar-refractivity contribution in [1.82, 2.24) is 0 Å². The van der Waals surface area contributed by atoms with Crippen LogP contribution >= 0.6 is 0 Å². The van der Waals surface area contributed by atoms with E-state index >= 15 is 0 Å². The largest absolute Gasteiger partial charge is 0.497 e. The monoisotopic (exact) mass is 430 g/mol. The fourth-order valence-electron chi connectivity index (χ4n) is 2.66. The van der Waals surface area contributed by atoms with Gasteiger partial charge in [0.05, 0.1) is 32.7 Å². The summed E-state index contributed by atoms with van der Waals surface area (Å²) in [7, 11) is 4.50. The predicted octanol–water partition coefficient (Wildman–Crippen LogP) is 3.00. The van der Waals surface area contributed by atoms with Crippen LogP contribution in [0.3, 0.4) is 0 Å². The van der Waals surface area contributed by atoms with Crippen LogP contribution in [0.1, 0.15) is 19.3 Å². The summed E-state index contributed by atoms with van der Waals surface area (Å²) < 4.78 is 20.4. The Hall–Kier alpha value is -3.75. The molecule has 0 aromatic heterocycles. The quantitative estimate of drug-likeness (QED) is 0.527. The van der Waals surface area contributed by atoms with E-state index in [0.29, 0.717) is 28.6 Å². The highest BCUT2D eigenvalue weighted by molar-refractivity contribution is 5.94. The molecular formula is C22H26N2O7. The number of esters is 1. The Morgan fingerprint density at radius 3 is 2.16 bits per heavy atom. The third kappa shape index (κ3) is 7.54. The van der Waals surface area contributed by atoms with Crippen LogP contribution in [0.15, 0.2) is 42.5 Å². The second-order valence-electron chi connectivity index (χ2n) is 6.38. The number of nitrogens with one attached hydrogen (secondary N) is 2. The van der Waals surface area contributed by atoms with Crippen LogP contribution < -0.4 is 24.8 Å². The van der Waals surface area contributed by atoms with E-state index in [2.05, 4.69) is 10.6 Å². The van der Waals surface area contributed by atoms with Crippen molar-refractivity contribution in [3.8, 4) is 17.2 Å². The summed E-state index contributed by atoms with van der Waals surface area (Å²) in [4.78, 5) is 35.9. The number of para-hydroxylation sites is 2. The van der Waals surface area contributed by atoms with E-state index in [1.165, 1.54) is 21.3 Å². The third-order valence-electron chi connectivity index (χ3n) is 4.21. The van der Waals surface area contributed by atoms with E-state index in [0.717, 1.165) is 0 Å². The highest BCUT2D eigenvalue weighted by Gasteiger charge is 2.13. The molecular weight excluding hydrogens is 404 g/mol. The van der Waals surface area contributed by atoms with Crippen molar-refractivity contribution in [1.29, 1.82) is 0 Å². The summed E-state index contributed by atoms with van der Waals surface area (Å²) in [5, 5.41) is 5.34. The summed E-state index contributed by atoms with van der Waals surface area (Å²) in [5.41, 5.74) is 0.987. The molecule has 31 heavy (non-hydrogen) atoms. The maximum absolute atomic E-state index is 12.0. The number of carbonyl (C=O) groups excluding carboxylic acids is 3. The van der Waals surface area contributed by atoms with Crippen molar-refractivity contribution in [2.24, 2.45) is 0 Å². The molecule has 2 amide bonds. The molecule has 9 nitrogen and oxygen atoms in total. The number of ether oxygens (including phenoxy) is 4. The second kappa shape index (κ2) is 12.1. The first-order valence-corrected chi connectivity index (χ1v) is 9.57. The molecule has 0 atom stereocenters. The van der Waals surface area contributed by atoms with Crippen molar-refractivity contribution in [3.05, 3.63) is 42.5 Å². The van der Waals surface area contributed by atoms with Gasteiger partial charge >= 0.3 is 5.97 Å². The molecule has 2 N–H and O–H groups in total. The average Bonchev–Trinajstić information content (AvgIpc) is 2.78. The number of hydrogen-bond acceptors (Lipinski definition) is 7. The van der Waals surface area contributed by atoms with E-state index in [1.54, 1.807) is 42.5 Å². The topological polar surface area (TPSA) is 112 Å². The number of carbonyl (C=O) groups is 3. The number of benzene rings is 2. The van der Waals surface area contributed by atoms with Gasteiger partial charge in [-0.3, -0.25) is 14.4 Å². The molecule has 0 spiro atoms. The zero-order valence-electron chi connectivity index (χ0n) is 17.7. The highest BCUT2D eigenvalue weighted by atomic mass is 16.5. The Balaban J connectivity index is 1.71. The SMILES string of the molecule is COc1ccc(NC(=O)COC(=O)CCCC(=O)Nc2ccccc2OC)c(OC)c1. The Bertz CT molecular complexity index is 914.